The van der Waals surface area contributed by atoms with E-state index in [-0.39, 0.29) is 6.04 Å². The number of hydrogen-bond donors (Lipinski definition) is 1. The van der Waals surface area contributed by atoms with Gasteiger partial charge in [0.25, 0.3) is 0 Å². The van der Waals surface area contributed by atoms with Gasteiger partial charge >= 0.3 is 0 Å². The van der Waals surface area contributed by atoms with E-state index in [1.807, 2.05) is 35.7 Å². The molecule has 3 aromatic heterocycles. The second kappa shape index (κ2) is 5.71. The van der Waals surface area contributed by atoms with Gasteiger partial charge in [0, 0.05) is 30.9 Å². The van der Waals surface area contributed by atoms with Crippen molar-refractivity contribution in [2.24, 2.45) is 5.73 Å². The van der Waals surface area contributed by atoms with Crippen LogP contribution in [0.1, 0.15) is 12.6 Å². The van der Waals surface area contributed by atoms with E-state index >= 15 is 0 Å². The van der Waals surface area contributed by atoms with E-state index in [0.717, 1.165) is 11.3 Å². The first-order valence-electron chi connectivity index (χ1n) is 6.63. The van der Waals surface area contributed by atoms with E-state index in [0.29, 0.717) is 23.1 Å². The second-order valence-electron chi connectivity index (χ2n) is 4.91. The molecule has 6 heteroatoms. The van der Waals surface area contributed by atoms with Crippen molar-refractivity contribution >= 4 is 17.2 Å². The summed E-state index contributed by atoms with van der Waals surface area (Å²) < 4.78 is 7.82. The zero-order chi connectivity index (χ0) is 14.8. The molecule has 0 fully saturated rings. The van der Waals surface area contributed by atoms with Crippen molar-refractivity contribution < 1.29 is 4.74 Å². The van der Waals surface area contributed by atoms with Gasteiger partial charge in [-0.25, -0.2) is 0 Å². The fraction of sp³-hybridized carbons (Fsp3) is 0.200. The number of pyridine rings is 2. The van der Waals surface area contributed by atoms with Crippen molar-refractivity contribution in [1.82, 2.24) is 14.4 Å². The Morgan fingerprint density at radius 1 is 1.38 bits per heavy atom. The minimum absolute atomic E-state index is 0.00458. The van der Waals surface area contributed by atoms with E-state index in [2.05, 4.69) is 9.97 Å². The lowest BCUT2D eigenvalue weighted by molar-refractivity contribution is 0.454. The summed E-state index contributed by atoms with van der Waals surface area (Å²) in [6.07, 6.45) is 5.77. The van der Waals surface area contributed by atoms with E-state index < -0.39 is 0 Å². The van der Waals surface area contributed by atoms with E-state index in [1.165, 1.54) is 0 Å². The van der Waals surface area contributed by atoms with Crippen LogP contribution in [-0.2, 0) is 6.42 Å². The van der Waals surface area contributed by atoms with Gasteiger partial charge in [0.15, 0.2) is 0 Å². The minimum atomic E-state index is 0.00458. The van der Waals surface area contributed by atoms with Crippen molar-refractivity contribution in [2.45, 2.75) is 19.4 Å². The predicted octanol–water partition coefficient (Wildman–Crippen LogP) is 3.06. The summed E-state index contributed by atoms with van der Waals surface area (Å²) in [4.78, 5) is 8.51. The fourth-order valence-electron chi connectivity index (χ4n) is 2.16. The van der Waals surface area contributed by atoms with Crippen LogP contribution < -0.4 is 10.5 Å². The maximum atomic E-state index is 5.93. The third-order valence-corrected chi connectivity index (χ3v) is 3.21. The molecule has 108 valence electrons. The molecule has 3 heterocycles. The molecular formula is C15H15ClN4O. The average Bonchev–Trinajstić information content (AvgIpc) is 2.76. The zero-order valence-electron chi connectivity index (χ0n) is 11.5. The second-order valence-corrected chi connectivity index (χ2v) is 5.35. The van der Waals surface area contributed by atoms with Gasteiger partial charge in [-0.2, -0.15) is 4.98 Å². The third kappa shape index (κ3) is 2.99. The molecule has 21 heavy (non-hydrogen) atoms. The molecule has 1 unspecified atom stereocenters. The van der Waals surface area contributed by atoms with E-state index in [1.54, 1.807) is 18.5 Å². The Hall–Kier alpha value is -2.11. The highest BCUT2D eigenvalue weighted by Gasteiger charge is 2.15. The molecule has 5 nitrogen and oxygen atoms in total. The Balaban J connectivity index is 2.04. The highest BCUT2D eigenvalue weighted by molar-refractivity contribution is 6.30. The lowest BCUT2D eigenvalue weighted by Gasteiger charge is -2.08. The van der Waals surface area contributed by atoms with Crippen LogP contribution in [-0.4, -0.2) is 20.4 Å². The molecule has 0 bridgehead atoms. The van der Waals surface area contributed by atoms with Crippen LogP contribution in [0.5, 0.6) is 11.6 Å². The highest BCUT2D eigenvalue weighted by atomic mass is 35.5. The number of rotatable bonds is 4. The molecule has 0 spiro atoms. The van der Waals surface area contributed by atoms with Crippen LogP contribution >= 0.6 is 11.6 Å². The standard InChI is InChI=1S/C15H15ClN4O/c1-10(17)6-13-15(19-14-4-2-3-5-20(13)14)21-12-7-11(16)8-18-9-12/h2-5,7-10H,6,17H2,1H3. The maximum absolute atomic E-state index is 5.93. The predicted molar refractivity (Wildman–Crippen MR) is 81.9 cm³/mol. The van der Waals surface area contributed by atoms with Crippen LogP contribution in [0.15, 0.2) is 42.9 Å². The van der Waals surface area contributed by atoms with E-state index in [9.17, 15) is 0 Å². The van der Waals surface area contributed by atoms with Crippen LogP contribution in [0, 0.1) is 0 Å². The van der Waals surface area contributed by atoms with Crippen LogP contribution in [0.2, 0.25) is 5.02 Å². The van der Waals surface area contributed by atoms with Crippen molar-refractivity contribution in [1.29, 1.82) is 0 Å². The van der Waals surface area contributed by atoms with Crippen LogP contribution in [0.3, 0.4) is 0 Å². The number of nitrogens with two attached hydrogens (primary N) is 1. The van der Waals surface area contributed by atoms with Gasteiger partial charge in [-0.15, -0.1) is 0 Å². The summed E-state index contributed by atoms with van der Waals surface area (Å²) in [5.41, 5.74) is 7.68. The number of ether oxygens (including phenoxy) is 1. The summed E-state index contributed by atoms with van der Waals surface area (Å²) >= 11 is 5.93. The molecule has 0 radical (unpaired) electrons. The average molecular weight is 303 g/mol. The summed E-state index contributed by atoms with van der Waals surface area (Å²) in [5, 5.41) is 0.519. The summed E-state index contributed by atoms with van der Waals surface area (Å²) in [7, 11) is 0. The maximum Gasteiger partial charge on any atom is 0.241 e. The van der Waals surface area contributed by atoms with Crippen molar-refractivity contribution in [3.63, 3.8) is 0 Å². The number of aromatic nitrogens is 3. The molecule has 2 N–H and O–H groups in total. The molecule has 3 aromatic rings. The quantitative estimate of drug-likeness (QED) is 0.804. The first-order valence-corrected chi connectivity index (χ1v) is 7.01. The SMILES string of the molecule is CC(N)Cc1c(Oc2cncc(Cl)c2)nc2ccccn12. The summed E-state index contributed by atoms with van der Waals surface area (Å²) in [6.45, 7) is 1.95. The monoisotopic (exact) mass is 302 g/mol. The Morgan fingerprint density at radius 3 is 3.00 bits per heavy atom. The number of hydrogen-bond acceptors (Lipinski definition) is 4. The highest BCUT2D eigenvalue weighted by Crippen LogP contribution is 2.27. The number of nitrogens with zero attached hydrogens (tertiary/aromatic N) is 3. The molecule has 0 saturated heterocycles. The Morgan fingerprint density at radius 2 is 2.24 bits per heavy atom. The van der Waals surface area contributed by atoms with Gasteiger partial charge in [-0.1, -0.05) is 17.7 Å². The van der Waals surface area contributed by atoms with Crippen molar-refractivity contribution in [3.05, 3.63) is 53.6 Å². The van der Waals surface area contributed by atoms with Gasteiger partial charge in [0.05, 0.1) is 16.9 Å². The molecule has 3 rings (SSSR count). The number of imidazole rings is 1. The van der Waals surface area contributed by atoms with Crippen molar-refractivity contribution in [2.75, 3.05) is 0 Å². The van der Waals surface area contributed by atoms with Crippen LogP contribution in [0.4, 0.5) is 0 Å². The molecule has 0 aliphatic heterocycles. The molecule has 0 amide bonds. The Kier molecular flexibility index (Phi) is 3.77. The first kappa shape index (κ1) is 13.9. The van der Waals surface area contributed by atoms with Gasteiger partial charge in [0.2, 0.25) is 5.88 Å². The van der Waals surface area contributed by atoms with Gasteiger partial charge in [-0.05, 0) is 19.1 Å². The molecule has 1 atom stereocenters. The largest absolute Gasteiger partial charge is 0.436 e. The Bertz CT molecular complexity index is 769. The molecule has 0 aliphatic carbocycles. The number of fused-ring (bicyclic) bond motifs is 1. The van der Waals surface area contributed by atoms with Crippen molar-refractivity contribution in [3.8, 4) is 11.6 Å². The van der Waals surface area contributed by atoms with Gasteiger partial charge in [-0.3, -0.25) is 4.98 Å². The van der Waals surface area contributed by atoms with Crippen LogP contribution in [0.25, 0.3) is 5.65 Å². The minimum Gasteiger partial charge on any atom is -0.436 e. The Labute approximate surface area is 127 Å². The number of halogens is 1. The van der Waals surface area contributed by atoms with Gasteiger partial charge < -0.3 is 14.9 Å². The third-order valence-electron chi connectivity index (χ3n) is 3.00. The summed E-state index contributed by atoms with van der Waals surface area (Å²) in [6, 6.07) is 7.51. The lowest BCUT2D eigenvalue weighted by atomic mass is 10.2. The smallest absolute Gasteiger partial charge is 0.241 e. The van der Waals surface area contributed by atoms with Gasteiger partial charge in [0.1, 0.15) is 11.4 Å². The molecule has 0 aromatic carbocycles. The lowest BCUT2D eigenvalue weighted by Crippen LogP contribution is -2.19. The molecule has 0 saturated carbocycles. The fourth-order valence-corrected chi connectivity index (χ4v) is 2.32. The molecule has 0 aliphatic rings. The first-order chi connectivity index (χ1) is 10.1. The normalized spacial score (nSPS) is 12.5. The van der Waals surface area contributed by atoms with E-state index in [4.69, 9.17) is 22.1 Å². The topological polar surface area (TPSA) is 65.4 Å². The zero-order valence-corrected chi connectivity index (χ0v) is 12.3. The summed E-state index contributed by atoms with van der Waals surface area (Å²) in [5.74, 6) is 1.08. The molecular weight excluding hydrogens is 288 g/mol.